The summed E-state index contributed by atoms with van der Waals surface area (Å²) in [4.78, 5) is 4.13. The molecule has 0 fully saturated rings. The Balaban J connectivity index is 2.10. The third-order valence-electron chi connectivity index (χ3n) is 2.69. The first-order valence-electron chi connectivity index (χ1n) is 5.37. The minimum Gasteiger partial charge on any atom is -0.367 e. The van der Waals surface area contributed by atoms with E-state index in [1.807, 2.05) is 36.4 Å². The zero-order valence-electron chi connectivity index (χ0n) is 9.06. The molecular weight excluding hydrogens is 214 g/mol. The summed E-state index contributed by atoms with van der Waals surface area (Å²) in [6, 6.07) is 13.2. The van der Waals surface area contributed by atoms with Crippen molar-refractivity contribution >= 4 is 10.9 Å². The van der Waals surface area contributed by atoms with E-state index in [1.54, 1.807) is 23.1 Å². The highest BCUT2D eigenvalue weighted by molar-refractivity contribution is 5.78. The molecule has 84 valence electrons. The second-order valence-corrected chi connectivity index (χ2v) is 3.78. The Labute approximate surface area is 98.2 Å². The summed E-state index contributed by atoms with van der Waals surface area (Å²) in [5.41, 5.74) is 1.48. The lowest BCUT2D eigenvalue weighted by molar-refractivity contribution is 0.132. The fourth-order valence-electron chi connectivity index (χ4n) is 1.84. The Morgan fingerprint density at radius 3 is 2.71 bits per heavy atom. The van der Waals surface area contributed by atoms with Crippen LogP contribution < -0.4 is 0 Å². The van der Waals surface area contributed by atoms with Crippen LogP contribution >= 0.6 is 0 Å². The van der Waals surface area contributed by atoms with Crippen molar-refractivity contribution in [2.45, 2.75) is 6.23 Å². The van der Waals surface area contributed by atoms with Gasteiger partial charge in [0.2, 0.25) is 0 Å². The van der Waals surface area contributed by atoms with Crippen LogP contribution in [0.5, 0.6) is 0 Å². The van der Waals surface area contributed by atoms with E-state index >= 15 is 0 Å². The van der Waals surface area contributed by atoms with Gasteiger partial charge in [-0.1, -0.05) is 24.3 Å². The Hall–Kier alpha value is -2.20. The SMILES string of the molecule is OC(c1ccccn1)n1ncc2ccccc21. The number of nitrogens with zero attached hydrogens (tertiary/aromatic N) is 3. The number of pyridine rings is 1. The van der Waals surface area contributed by atoms with Crippen LogP contribution in [0.1, 0.15) is 11.9 Å². The first-order chi connectivity index (χ1) is 8.36. The van der Waals surface area contributed by atoms with Crippen LogP contribution in [-0.4, -0.2) is 19.9 Å². The maximum atomic E-state index is 10.2. The summed E-state index contributed by atoms with van der Waals surface area (Å²) >= 11 is 0. The van der Waals surface area contributed by atoms with E-state index < -0.39 is 6.23 Å². The molecule has 4 nitrogen and oxygen atoms in total. The highest BCUT2D eigenvalue weighted by atomic mass is 16.3. The van der Waals surface area contributed by atoms with Gasteiger partial charge in [0.05, 0.1) is 17.4 Å². The number of hydrogen-bond donors (Lipinski definition) is 1. The lowest BCUT2D eigenvalue weighted by Crippen LogP contribution is -2.12. The van der Waals surface area contributed by atoms with Gasteiger partial charge in [-0.2, -0.15) is 5.10 Å². The molecule has 0 saturated heterocycles. The summed E-state index contributed by atoms with van der Waals surface area (Å²) in [5, 5.41) is 15.4. The van der Waals surface area contributed by atoms with Crippen LogP contribution in [0.25, 0.3) is 10.9 Å². The van der Waals surface area contributed by atoms with Gasteiger partial charge < -0.3 is 5.11 Å². The van der Waals surface area contributed by atoms with E-state index in [0.717, 1.165) is 10.9 Å². The van der Waals surface area contributed by atoms with E-state index in [0.29, 0.717) is 5.69 Å². The maximum Gasteiger partial charge on any atom is 0.190 e. The lowest BCUT2D eigenvalue weighted by Gasteiger charge is -2.11. The van der Waals surface area contributed by atoms with Gasteiger partial charge in [-0.15, -0.1) is 0 Å². The van der Waals surface area contributed by atoms with Gasteiger partial charge in [-0.3, -0.25) is 4.98 Å². The third kappa shape index (κ3) is 1.68. The average molecular weight is 225 g/mol. The third-order valence-corrected chi connectivity index (χ3v) is 2.69. The molecule has 1 N–H and O–H groups in total. The molecule has 0 aliphatic carbocycles. The number of rotatable bonds is 2. The van der Waals surface area contributed by atoms with E-state index in [-0.39, 0.29) is 0 Å². The summed E-state index contributed by atoms with van der Waals surface area (Å²) in [5.74, 6) is 0. The van der Waals surface area contributed by atoms with Crippen molar-refractivity contribution in [1.29, 1.82) is 0 Å². The van der Waals surface area contributed by atoms with E-state index in [1.165, 1.54) is 0 Å². The highest BCUT2D eigenvalue weighted by Gasteiger charge is 2.13. The predicted octanol–water partition coefficient (Wildman–Crippen LogP) is 1.97. The molecule has 2 aromatic heterocycles. The molecule has 0 spiro atoms. The van der Waals surface area contributed by atoms with Crippen molar-refractivity contribution < 1.29 is 5.11 Å². The monoisotopic (exact) mass is 225 g/mol. The molecule has 1 unspecified atom stereocenters. The molecule has 3 rings (SSSR count). The smallest absolute Gasteiger partial charge is 0.190 e. The molecule has 0 radical (unpaired) electrons. The molecule has 0 aliphatic rings. The minimum atomic E-state index is -0.851. The van der Waals surface area contributed by atoms with Gasteiger partial charge in [0.25, 0.3) is 0 Å². The molecule has 1 atom stereocenters. The van der Waals surface area contributed by atoms with E-state index in [4.69, 9.17) is 0 Å². The molecule has 2 heterocycles. The number of fused-ring (bicyclic) bond motifs is 1. The number of para-hydroxylation sites is 1. The van der Waals surface area contributed by atoms with Crippen LogP contribution in [-0.2, 0) is 0 Å². The quantitative estimate of drug-likeness (QED) is 0.725. The van der Waals surface area contributed by atoms with Crippen LogP contribution in [0.3, 0.4) is 0 Å². The van der Waals surface area contributed by atoms with Crippen molar-refractivity contribution in [2.24, 2.45) is 0 Å². The summed E-state index contributed by atoms with van der Waals surface area (Å²) in [7, 11) is 0. The fraction of sp³-hybridized carbons (Fsp3) is 0.0769. The molecular formula is C13H11N3O. The Morgan fingerprint density at radius 1 is 1.06 bits per heavy atom. The average Bonchev–Trinajstić information content (AvgIpc) is 2.83. The highest BCUT2D eigenvalue weighted by Crippen LogP contribution is 2.19. The normalized spacial score (nSPS) is 12.8. The molecule has 1 aromatic carbocycles. The Morgan fingerprint density at radius 2 is 1.88 bits per heavy atom. The van der Waals surface area contributed by atoms with Gasteiger partial charge in [0.1, 0.15) is 0 Å². The second kappa shape index (κ2) is 3.99. The number of benzene rings is 1. The standard InChI is InChI=1S/C13H11N3O/c17-13(11-6-3-4-8-14-11)16-12-7-2-1-5-10(12)9-15-16/h1-9,13,17H. The molecule has 0 bridgehead atoms. The zero-order chi connectivity index (χ0) is 11.7. The zero-order valence-corrected chi connectivity index (χ0v) is 9.06. The molecule has 4 heteroatoms. The van der Waals surface area contributed by atoms with Crippen molar-refractivity contribution in [1.82, 2.24) is 14.8 Å². The van der Waals surface area contributed by atoms with Crippen LogP contribution in [0.2, 0.25) is 0 Å². The van der Waals surface area contributed by atoms with Gasteiger partial charge in [-0.25, -0.2) is 4.68 Å². The van der Waals surface area contributed by atoms with Crippen LogP contribution in [0.4, 0.5) is 0 Å². The Kier molecular flexibility index (Phi) is 2.34. The molecule has 17 heavy (non-hydrogen) atoms. The first kappa shape index (κ1) is 9.99. The maximum absolute atomic E-state index is 10.2. The van der Waals surface area contributed by atoms with Crippen LogP contribution in [0.15, 0.2) is 54.9 Å². The van der Waals surface area contributed by atoms with Gasteiger partial charge in [-0.05, 0) is 18.2 Å². The molecule has 0 aliphatic heterocycles. The van der Waals surface area contributed by atoms with Gasteiger partial charge in [0, 0.05) is 11.6 Å². The number of aliphatic hydroxyl groups is 1. The van der Waals surface area contributed by atoms with Crippen molar-refractivity contribution in [2.75, 3.05) is 0 Å². The number of aromatic nitrogens is 3. The molecule has 0 amide bonds. The summed E-state index contributed by atoms with van der Waals surface area (Å²) in [6.07, 6.45) is 2.54. The minimum absolute atomic E-state index is 0.585. The summed E-state index contributed by atoms with van der Waals surface area (Å²) in [6.45, 7) is 0. The summed E-state index contributed by atoms with van der Waals surface area (Å²) < 4.78 is 1.57. The number of hydrogen-bond acceptors (Lipinski definition) is 3. The second-order valence-electron chi connectivity index (χ2n) is 3.78. The van der Waals surface area contributed by atoms with Crippen molar-refractivity contribution in [3.8, 4) is 0 Å². The Bertz CT molecular complexity index is 633. The van der Waals surface area contributed by atoms with E-state index in [2.05, 4.69) is 10.1 Å². The lowest BCUT2D eigenvalue weighted by atomic mass is 10.2. The van der Waals surface area contributed by atoms with Crippen LogP contribution in [0, 0.1) is 0 Å². The molecule has 0 saturated carbocycles. The van der Waals surface area contributed by atoms with E-state index in [9.17, 15) is 5.11 Å². The van der Waals surface area contributed by atoms with Gasteiger partial charge >= 0.3 is 0 Å². The fourth-order valence-corrected chi connectivity index (χ4v) is 1.84. The predicted molar refractivity (Wildman–Crippen MR) is 64.3 cm³/mol. The van der Waals surface area contributed by atoms with Crippen molar-refractivity contribution in [3.05, 3.63) is 60.6 Å². The largest absolute Gasteiger partial charge is 0.367 e. The van der Waals surface area contributed by atoms with Gasteiger partial charge in [0.15, 0.2) is 6.23 Å². The first-order valence-corrected chi connectivity index (χ1v) is 5.37. The number of aliphatic hydroxyl groups excluding tert-OH is 1. The topological polar surface area (TPSA) is 50.9 Å². The van der Waals surface area contributed by atoms with Crippen molar-refractivity contribution in [3.63, 3.8) is 0 Å². The molecule has 3 aromatic rings.